The van der Waals surface area contributed by atoms with Crippen molar-refractivity contribution in [3.8, 4) is 0 Å². The molecular formula is C5H5ClF2N4O. The molecule has 0 spiro atoms. The Kier molecular flexibility index (Phi) is 2.46. The molecule has 0 aromatic carbocycles. The molecule has 0 atom stereocenters. The van der Waals surface area contributed by atoms with Crippen molar-refractivity contribution in [2.24, 2.45) is 0 Å². The van der Waals surface area contributed by atoms with Crippen molar-refractivity contribution in [3.05, 3.63) is 5.82 Å². The maximum atomic E-state index is 12.1. The van der Waals surface area contributed by atoms with Gasteiger partial charge in [0.25, 0.3) is 0 Å². The van der Waals surface area contributed by atoms with Crippen molar-refractivity contribution >= 4 is 23.5 Å². The van der Waals surface area contributed by atoms with Crippen molar-refractivity contribution in [3.63, 3.8) is 0 Å². The summed E-state index contributed by atoms with van der Waals surface area (Å²) in [5, 5.41) is 3.55. The summed E-state index contributed by atoms with van der Waals surface area (Å²) in [5.41, 5.74) is 0. The largest absolute Gasteiger partial charge is 0.400 e. The fourth-order valence-electron chi connectivity index (χ4n) is 0.571. The molecule has 1 amide bonds. The normalized spacial score (nSPS) is 11.4. The highest BCUT2D eigenvalue weighted by Gasteiger charge is 2.36. The first kappa shape index (κ1) is 9.85. The number of anilines is 1. The number of carbonyl (C=O) groups excluding carboxylic acids is 1. The van der Waals surface area contributed by atoms with E-state index < -0.39 is 11.3 Å². The van der Waals surface area contributed by atoms with Crippen LogP contribution in [0.1, 0.15) is 5.82 Å². The zero-order chi connectivity index (χ0) is 10.1. The van der Waals surface area contributed by atoms with E-state index in [0.717, 1.165) is 0 Å². The van der Waals surface area contributed by atoms with E-state index in [9.17, 15) is 13.6 Å². The molecule has 0 aliphatic rings. The van der Waals surface area contributed by atoms with Crippen molar-refractivity contribution in [1.29, 1.82) is 0 Å². The van der Waals surface area contributed by atoms with E-state index in [4.69, 9.17) is 0 Å². The molecule has 0 radical (unpaired) electrons. The lowest BCUT2D eigenvalue weighted by Gasteiger charge is -2.04. The third-order valence-corrected chi connectivity index (χ3v) is 1.25. The molecule has 0 bridgehead atoms. The quantitative estimate of drug-likeness (QED) is 0.712. The van der Waals surface area contributed by atoms with Gasteiger partial charge in [0.1, 0.15) is 5.82 Å². The molecule has 0 aliphatic carbocycles. The van der Waals surface area contributed by atoms with Crippen molar-refractivity contribution in [2.45, 2.75) is 12.3 Å². The molecule has 0 unspecified atom stereocenters. The Morgan fingerprint density at radius 1 is 1.69 bits per heavy atom. The number of nitrogens with zero attached hydrogens (tertiary/aromatic N) is 2. The smallest absolute Gasteiger partial charge is 0.287 e. The van der Waals surface area contributed by atoms with Crippen LogP contribution in [0.2, 0.25) is 0 Å². The summed E-state index contributed by atoms with van der Waals surface area (Å²) in [5.74, 6) is -1.50. The van der Waals surface area contributed by atoms with Crippen molar-refractivity contribution < 1.29 is 13.6 Å². The van der Waals surface area contributed by atoms with Crippen molar-refractivity contribution in [2.75, 3.05) is 5.32 Å². The average molecular weight is 211 g/mol. The number of rotatable bonds is 2. The Morgan fingerprint density at radius 3 is 2.69 bits per heavy atom. The van der Waals surface area contributed by atoms with Gasteiger partial charge in [0.05, 0.1) is 0 Å². The summed E-state index contributed by atoms with van der Waals surface area (Å²) in [6.45, 7) is 1.56. The van der Waals surface area contributed by atoms with E-state index >= 15 is 0 Å². The third kappa shape index (κ3) is 2.62. The molecule has 1 aromatic heterocycles. The number of alkyl halides is 3. The highest BCUT2D eigenvalue weighted by molar-refractivity contribution is 6.33. The SMILES string of the molecule is Cc1nc(NC(=O)C(F)(F)Cl)n[nH]1. The minimum atomic E-state index is -3.95. The Bertz CT molecular complexity index is 321. The van der Waals surface area contributed by atoms with Gasteiger partial charge in [-0.1, -0.05) is 0 Å². The van der Waals surface area contributed by atoms with Crippen LogP contribution in [0.5, 0.6) is 0 Å². The average Bonchev–Trinajstić information content (AvgIpc) is 2.33. The van der Waals surface area contributed by atoms with Crippen LogP contribution in [0.4, 0.5) is 14.7 Å². The van der Waals surface area contributed by atoms with Crippen LogP contribution in [0.15, 0.2) is 0 Å². The summed E-state index contributed by atoms with van der Waals surface area (Å²) in [7, 11) is 0. The monoisotopic (exact) mass is 210 g/mol. The Balaban J connectivity index is 2.65. The topological polar surface area (TPSA) is 70.7 Å². The number of hydrogen-bond donors (Lipinski definition) is 2. The number of carbonyl (C=O) groups is 1. The number of amides is 1. The van der Waals surface area contributed by atoms with Gasteiger partial charge in [0, 0.05) is 0 Å². The van der Waals surface area contributed by atoms with Gasteiger partial charge in [-0.05, 0) is 18.5 Å². The highest BCUT2D eigenvalue weighted by atomic mass is 35.5. The molecule has 0 fully saturated rings. The van der Waals surface area contributed by atoms with Gasteiger partial charge < -0.3 is 0 Å². The first-order chi connectivity index (χ1) is 5.89. The van der Waals surface area contributed by atoms with E-state index in [1.54, 1.807) is 12.2 Å². The van der Waals surface area contributed by atoms with Crippen LogP contribution in [0.25, 0.3) is 0 Å². The van der Waals surface area contributed by atoms with E-state index in [2.05, 4.69) is 26.8 Å². The molecule has 1 heterocycles. The molecule has 0 aliphatic heterocycles. The Hall–Kier alpha value is -1.24. The summed E-state index contributed by atoms with van der Waals surface area (Å²) in [6.07, 6.45) is 0. The van der Waals surface area contributed by atoms with Gasteiger partial charge in [-0.25, -0.2) is 0 Å². The van der Waals surface area contributed by atoms with Crippen LogP contribution in [-0.2, 0) is 4.79 Å². The summed E-state index contributed by atoms with van der Waals surface area (Å²) in [4.78, 5) is 14.1. The maximum absolute atomic E-state index is 12.1. The summed E-state index contributed by atoms with van der Waals surface area (Å²) in [6, 6.07) is 0. The molecule has 72 valence electrons. The van der Waals surface area contributed by atoms with Gasteiger partial charge in [-0.15, -0.1) is 5.10 Å². The molecule has 0 saturated heterocycles. The Labute approximate surface area is 76.5 Å². The lowest BCUT2D eigenvalue weighted by Crippen LogP contribution is -2.29. The number of aryl methyl sites for hydroxylation is 1. The fourth-order valence-corrected chi connectivity index (χ4v) is 0.618. The lowest BCUT2D eigenvalue weighted by molar-refractivity contribution is -0.130. The van der Waals surface area contributed by atoms with Crippen LogP contribution in [0, 0.1) is 6.92 Å². The zero-order valence-corrected chi connectivity index (χ0v) is 7.19. The van der Waals surface area contributed by atoms with Crippen molar-refractivity contribution in [1.82, 2.24) is 15.2 Å². The van der Waals surface area contributed by atoms with E-state index in [0.29, 0.717) is 5.82 Å². The second kappa shape index (κ2) is 3.25. The molecule has 5 nitrogen and oxygen atoms in total. The first-order valence-corrected chi connectivity index (χ1v) is 3.54. The van der Waals surface area contributed by atoms with E-state index in [1.165, 1.54) is 0 Å². The predicted octanol–water partition coefficient (Wildman–Crippen LogP) is 0.883. The molecule has 13 heavy (non-hydrogen) atoms. The number of halogens is 3. The lowest BCUT2D eigenvalue weighted by atomic mass is 10.6. The van der Waals surface area contributed by atoms with Gasteiger partial charge >= 0.3 is 11.3 Å². The molecule has 0 saturated carbocycles. The van der Waals surface area contributed by atoms with Crippen LogP contribution >= 0.6 is 11.6 Å². The van der Waals surface area contributed by atoms with Gasteiger partial charge in [-0.2, -0.15) is 13.8 Å². The molecule has 8 heteroatoms. The molecular weight excluding hydrogens is 206 g/mol. The molecule has 1 aromatic rings. The standard InChI is InChI=1S/C5H5ClF2N4O/c1-2-9-4(12-11-2)10-3(13)5(6,7)8/h1H3,(H2,9,10,11,12,13). The van der Waals surface area contributed by atoms with Crippen LogP contribution in [-0.4, -0.2) is 26.5 Å². The predicted molar refractivity (Wildman–Crippen MR) is 40.5 cm³/mol. The van der Waals surface area contributed by atoms with Gasteiger partial charge in [-0.3, -0.25) is 15.2 Å². The Morgan fingerprint density at radius 2 is 2.31 bits per heavy atom. The summed E-state index contributed by atoms with van der Waals surface area (Å²) < 4.78 is 24.2. The molecule has 1 rings (SSSR count). The highest BCUT2D eigenvalue weighted by Crippen LogP contribution is 2.19. The van der Waals surface area contributed by atoms with E-state index in [1.807, 2.05) is 0 Å². The first-order valence-electron chi connectivity index (χ1n) is 3.17. The minimum absolute atomic E-state index is 0.233. The third-order valence-electron chi connectivity index (χ3n) is 1.08. The number of H-pyrrole nitrogens is 1. The van der Waals surface area contributed by atoms with Crippen LogP contribution < -0.4 is 5.32 Å². The van der Waals surface area contributed by atoms with Gasteiger partial charge in [0.15, 0.2) is 0 Å². The van der Waals surface area contributed by atoms with Crippen LogP contribution in [0.3, 0.4) is 0 Å². The maximum Gasteiger partial charge on any atom is 0.400 e. The zero-order valence-electron chi connectivity index (χ0n) is 6.44. The van der Waals surface area contributed by atoms with Gasteiger partial charge in [0.2, 0.25) is 5.95 Å². The number of aromatic nitrogens is 3. The second-order valence-electron chi connectivity index (χ2n) is 2.20. The second-order valence-corrected chi connectivity index (χ2v) is 2.67. The number of hydrogen-bond acceptors (Lipinski definition) is 3. The summed E-state index contributed by atoms with van der Waals surface area (Å²) >= 11 is 4.43. The van der Waals surface area contributed by atoms with E-state index in [-0.39, 0.29) is 5.95 Å². The number of aromatic amines is 1. The number of nitrogens with one attached hydrogen (secondary N) is 2. The minimum Gasteiger partial charge on any atom is -0.287 e. The molecule has 2 N–H and O–H groups in total. The fraction of sp³-hybridized carbons (Fsp3) is 0.400.